The molecule has 0 N–H and O–H groups in total. The molecular weight excluding hydrogens is 156 g/mol. The molecule has 1 nitrogen and oxygen atoms in total. The molecule has 1 aliphatic rings. The third-order valence-electron chi connectivity index (χ3n) is 2.35. The molecular formula is C9H18OS. The van der Waals surface area contributed by atoms with Gasteiger partial charge in [0.1, 0.15) is 4.93 Å². The largest absolute Gasteiger partial charge is 0.363 e. The van der Waals surface area contributed by atoms with Crippen LogP contribution >= 0.6 is 11.8 Å². The van der Waals surface area contributed by atoms with E-state index in [1.165, 1.54) is 0 Å². The van der Waals surface area contributed by atoms with E-state index in [1.807, 2.05) is 11.8 Å². The summed E-state index contributed by atoms with van der Waals surface area (Å²) in [6, 6.07) is 0. The second-order valence-electron chi connectivity index (χ2n) is 3.73. The number of rotatable bonds is 2. The Hall–Kier alpha value is 0.310. The van der Waals surface area contributed by atoms with Crippen molar-refractivity contribution in [2.45, 2.75) is 32.6 Å². The summed E-state index contributed by atoms with van der Waals surface area (Å²) in [5.74, 6) is 2.40. The Bertz CT molecular complexity index is 116. The highest BCUT2D eigenvalue weighted by atomic mass is 32.2. The molecule has 0 radical (unpaired) electrons. The molecule has 1 fully saturated rings. The van der Waals surface area contributed by atoms with Crippen LogP contribution in [-0.4, -0.2) is 17.3 Å². The fourth-order valence-electron chi connectivity index (χ4n) is 1.78. The zero-order chi connectivity index (χ0) is 8.48. The first-order valence-electron chi connectivity index (χ1n) is 4.37. The van der Waals surface area contributed by atoms with E-state index in [-0.39, 0.29) is 4.93 Å². The molecule has 11 heavy (non-hydrogen) atoms. The first kappa shape index (κ1) is 9.40. The van der Waals surface area contributed by atoms with Gasteiger partial charge >= 0.3 is 0 Å². The van der Waals surface area contributed by atoms with Crippen LogP contribution in [0.1, 0.15) is 27.7 Å². The van der Waals surface area contributed by atoms with E-state index in [2.05, 4.69) is 27.7 Å². The highest BCUT2D eigenvalue weighted by Gasteiger charge is 2.41. The zero-order valence-corrected chi connectivity index (χ0v) is 8.70. The summed E-state index contributed by atoms with van der Waals surface area (Å²) in [6.45, 7) is 9.92. The molecule has 0 spiro atoms. The monoisotopic (exact) mass is 174 g/mol. The molecule has 1 saturated heterocycles. The van der Waals surface area contributed by atoms with Gasteiger partial charge in [-0.25, -0.2) is 0 Å². The van der Waals surface area contributed by atoms with Crippen molar-refractivity contribution in [1.29, 1.82) is 0 Å². The maximum Gasteiger partial charge on any atom is 0.118 e. The second kappa shape index (κ2) is 3.36. The summed E-state index contributed by atoms with van der Waals surface area (Å²) in [6.07, 6.45) is 0. The van der Waals surface area contributed by atoms with Gasteiger partial charge in [0, 0.05) is 5.75 Å². The Balaban J connectivity index is 2.70. The molecule has 1 aliphatic heterocycles. The molecule has 0 aliphatic carbocycles. The van der Waals surface area contributed by atoms with Crippen LogP contribution in [0.2, 0.25) is 0 Å². The predicted octanol–water partition coefficient (Wildman–Crippen LogP) is 2.76. The standard InChI is InChI=1S/C9H18OS/c1-7(2)9(8(3)4)10-5-6-11-9/h7-8H,5-6H2,1-4H3. The summed E-state index contributed by atoms with van der Waals surface area (Å²) in [4.78, 5) is 0.111. The highest BCUT2D eigenvalue weighted by Crippen LogP contribution is 2.44. The fraction of sp³-hybridized carbons (Fsp3) is 1.00. The van der Waals surface area contributed by atoms with Gasteiger partial charge in [0.25, 0.3) is 0 Å². The highest BCUT2D eigenvalue weighted by molar-refractivity contribution is 8.00. The van der Waals surface area contributed by atoms with Crippen molar-refractivity contribution in [3.05, 3.63) is 0 Å². The molecule has 1 rings (SSSR count). The Morgan fingerprint density at radius 2 is 1.73 bits per heavy atom. The van der Waals surface area contributed by atoms with Gasteiger partial charge in [0.05, 0.1) is 6.61 Å². The topological polar surface area (TPSA) is 9.23 Å². The fourth-order valence-corrected chi connectivity index (χ4v) is 3.10. The van der Waals surface area contributed by atoms with Crippen LogP contribution in [0.5, 0.6) is 0 Å². The Morgan fingerprint density at radius 1 is 1.18 bits per heavy atom. The third-order valence-corrected chi connectivity index (χ3v) is 4.23. The van der Waals surface area contributed by atoms with Gasteiger partial charge in [-0.05, 0) is 11.8 Å². The van der Waals surface area contributed by atoms with Crippen LogP contribution in [0.15, 0.2) is 0 Å². The summed E-state index contributed by atoms with van der Waals surface area (Å²) in [7, 11) is 0. The molecule has 0 amide bonds. The first-order chi connectivity index (χ1) is 5.09. The lowest BCUT2D eigenvalue weighted by Crippen LogP contribution is -2.36. The van der Waals surface area contributed by atoms with E-state index in [9.17, 15) is 0 Å². The van der Waals surface area contributed by atoms with Crippen LogP contribution in [0, 0.1) is 11.8 Å². The van der Waals surface area contributed by atoms with Gasteiger partial charge in [-0.3, -0.25) is 0 Å². The smallest absolute Gasteiger partial charge is 0.118 e. The van der Waals surface area contributed by atoms with Crippen LogP contribution in [-0.2, 0) is 4.74 Å². The van der Waals surface area contributed by atoms with Gasteiger partial charge in [-0.1, -0.05) is 27.7 Å². The van der Waals surface area contributed by atoms with Crippen molar-refractivity contribution in [1.82, 2.24) is 0 Å². The first-order valence-corrected chi connectivity index (χ1v) is 5.36. The SMILES string of the molecule is CC(C)C1(C(C)C)OCCS1. The molecule has 0 aromatic heterocycles. The second-order valence-corrected chi connectivity index (χ2v) is 5.06. The summed E-state index contributed by atoms with van der Waals surface area (Å²) < 4.78 is 5.83. The lowest BCUT2D eigenvalue weighted by molar-refractivity contribution is -0.0162. The summed E-state index contributed by atoms with van der Waals surface area (Å²) in [5.41, 5.74) is 0. The molecule has 0 aromatic carbocycles. The molecule has 1 heterocycles. The van der Waals surface area contributed by atoms with Gasteiger partial charge in [0.15, 0.2) is 0 Å². The number of hydrogen-bond donors (Lipinski definition) is 0. The van der Waals surface area contributed by atoms with E-state index >= 15 is 0 Å². The van der Waals surface area contributed by atoms with E-state index in [0.717, 1.165) is 12.4 Å². The van der Waals surface area contributed by atoms with Crippen LogP contribution < -0.4 is 0 Å². The summed E-state index contributed by atoms with van der Waals surface area (Å²) >= 11 is 1.98. The van der Waals surface area contributed by atoms with Crippen LogP contribution in [0.3, 0.4) is 0 Å². The van der Waals surface area contributed by atoms with Crippen LogP contribution in [0.25, 0.3) is 0 Å². The maximum atomic E-state index is 5.83. The van der Waals surface area contributed by atoms with Crippen molar-refractivity contribution < 1.29 is 4.74 Å². The minimum atomic E-state index is 0.111. The molecule has 0 aromatic rings. The molecule has 66 valence electrons. The van der Waals surface area contributed by atoms with Gasteiger partial charge in [-0.2, -0.15) is 0 Å². The van der Waals surface area contributed by atoms with Gasteiger partial charge < -0.3 is 4.74 Å². The lowest BCUT2D eigenvalue weighted by Gasteiger charge is -2.35. The molecule has 2 heteroatoms. The predicted molar refractivity (Wildman–Crippen MR) is 50.8 cm³/mol. The Morgan fingerprint density at radius 3 is 1.91 bits per heavy atom. The van der Waals surface area contributed by atoms with Crippen molar-refractivity contribution in [2.75, 3.05) is 12.4 Å². The minimum absolute atomic E-state index is 0.111. The summed E-state index contributed by atoms with van der Waals surface area (Å²) in [5, 5.41) is 0. The Labute approximate surface area is 73.9 Å². The average Bonchev–Trinajstić information content (AvgIpc) is 2.34. The van der Waals surface area contributed by atoms with E-state index in [0.29, 0.717) is 11.8 Å². The van der Waals surface area contributed by atoms with E-state index in [1.54, 1.807) is 0 Å². The molecule has 0 atom stereocenters. The molecule has 0 unspecified atom stereocenters. The minimum Gasteiger partial charge on any atom is -0.363 e. The van der Waals surface area contributed by atoms with Crippen molar-refractivity contribution in [2.24, 2.45) is 11.8 Å². The number of hydrogen-bond acceptors (Lipinski definition) is 2. The lowest BCUT2D eigenvalue weighted by atomic mass is 9.95. The van der Waals surface area contributed by atoms with E-state index in [4.69, 9.17) is 4.74 Å². The molecule has 0 bridgehead atoms. The number of ether oxygens (including phenoxy) is 1. The quantitative estimate of drug-likeness (QED) is 0.636. The average molecular weight is 174 g/mol. The van der Waals surface area contributed by atoms with Crippen molar-refractivity contribution in [3.8, 4) is 0 Å². The zero-order valence-electron chi connectivity index (χ0n) is 7.89. The maximum absolute atomic E-state index is 5.83. The molecule has 0 saturated carbocycles. The van der Waals surface area contributed by atoms with Gasteiger partial charge in [-0.15, -0.1) is 11.8 Å². The third kappa shape index (κ3) is 1.57. The van der Waals surface area contributed by atoms with Crippen molar-refractivity contribution in [3.63, 3.8) is 0 Å². The van der Waals surface area contributed by atoms with Gasteiger partial charge in [0.2, 0.25) is 0 Å². The van der Waals surface area contributed by atoms with Crippen molar-refractivity contribution >= 4 is 11.8 Å². The number of thioether (sulfide) groups is 1. The Kier molecular flexibility index (Phi) is 2.87. The van der Waals surface area contributed by atoms with E-state index < -0.39 is 0 Å². The van der Waals surface area contributed by atoms with Crippen LogP contribution in [0.4, 0.5) is 0 Å². The normalized spacial score (nSPS) is 23.5.